The number of nitrogens with two attached hydrogens (primary N) is 1. The van der Waals surface area contributed by atoms with Crippen molar-refractivity contribution in [2.45, 2.75) is 44.6 Å². The summed E-state index contributed by atoms with van der Waals surface area (Å²) in [4.78, 5) is 48.9. The fraction of sp³-hybridized carbons (Fsp3) is 0.370. The highest BCUT2D eigenvalue weighted by Crippen LogP contribution is 2.35. The second-order valence-electron chi connectivity index (χ2n) is 9.63. The second kappa shape index (κ2) is 10.8. The molecule has 3 heterocycles. The number of furan rings is 1. The first-order chi connectivity index (χ1) is 18.3. The van der Waals surface area contributed by atoms with Crippen LogP contribution in [0.4, 0.5) is 11.5 Å². The number of halogens is 1. The first kappa shape index (κ1) is 25.7. The van der Waals surface area contributed by atoms with Gasteiger partial charge in [0.1, 0.15) is 22.9 Å². The lowest BCUT2D eigenvalue weighted by Gasteiger charge is -2.34. The highest BCUT2D eigenvalue weighted by atomic mass is 35.5. The van der Waals surface area contributed by atoms with Crippen molar-refractivity contribution in [3.05, 3.63) is 52.9 Å². The summed E-state index contributed by atoms with van der Waals surface area (Å²) in [7, 11) is 1.58. The number of fused-ring (bicyclic) bond motifs is 1. The van der Waals surface area contributed by atoms with Crippen LogP contribution in [0.25, 0.3) is 11.0 Å². The number of nitrogens with one attached hydrogen (secondary N) is 2. The van der Waals surface area contributed by atoms with E-state index in [1.165, 1.54) is 6.20 Å². The predicted molar refractivity (Wildman–Crippen MR) is 145 cm³/mol. The molecule has 1 aliphatic carbocycles. The molecule has 0 bridgehead atoms. The summed E-state index contributed by atoms with van der Waals surface area (Å²) >= 11 is 5.90. The number of pyridine rings is 1. The van der Waals surface area contributed by atoms with Crippen LogP contribution in [0.15, 0.2) is 45.9 Å². The van der Waals surface area contributed by atoms with E-state index >= 15 is 0 Å². The molecule has 11 heteroatoms. The third-order valence-electron chi connectivity index (χ3n) is 7.27. The van der Waals surface area contributed by atoms with Gasteiger partial charge in [0.2, 0.25) is 17.6 Å². The summed E-state index contributed by atoms with van der Waals surface area (Å²) < 4.78 is 5.90. The van der Waals surface area contributed by atoms with Gasteiger partial charge in [-0.1, -0.05) is 11.6 Å². The van der Waals surface area contributed by atoms with Gasteiger partial charge in [-0.05, 0) is 62.4 Å². The van der Waals surface area contributed by atoms with Crippen molar-refractivity contribution in [3.8, 4) is 0 Å². The Morgan fingerprint density at radius 1 is 1.16 bits per heavy atom. The maximum atomic E-state index is 13.4. The van der Waals surface area contributed by atoms with Gasteiger partial charge in [0, 0.05) is 49.1 Å². The van der Waals surface area contributed by atoms with Gasteiger partial charge in [-0.15, -0.1) is 0 Å². The van der Waals surface area contributed by atoms with Gasteiger partial charge in [0.05, 0.1) is 5.02 Å². The summed E-state index contributed by atoms with van der Waals surface area (Å²) in [5.74, 6) is -0.244. The van der Waals surface area contributed by atoms with Crippen LogP contribution >= 0.6 is 11.6 Å². The molecule has 0 spiro atoms. The van der Waals surface area contributed by atoms with E-state index in [9.17, 15) is 14.4 Å². The first-order valence-electron chi connectivity index (χ1n) is 12.7. The molecule has 5 rings (SSSR count). The van der Waals surface area contributed by atoms with Gasteiger partial charge >= 0.3 is 0 Å². The summed E-state index contributed by atoms with van der Waals surface area (Å²) in [6.07, 6.45) is 5.81. The predicted octanol–water partition coefficient (Wildman–Crippen LogP) is 4.19. The largest absolute Gasteiger partial charge is 0.449 e. The highest BCUT2D eigenvalue weighted by Gasteiger charge is 2.34. The smallest absolute Gasteiger partial charge is 0.294 e. The Bertz CT molecular complexity index is 1410. The molecular formula is C27H29ClN6O4. The minimum absolute atomic E-state index is 0.0504. The molecule has 3 amide bonds. The van der Waals surface area contributed by atoms with Crippen LogP contribution in [-0.2, 0) is 9.59 Å². The topological polar surface area (TPSA) is 143 Å². The van der Waals surface area contributed by atoms with Crippen LogP contribution in [-0.4, -0.2) is 53.1 Å². The Balaban J connectivity index is 1.40. The molecule has 1 saturated carbocycles. The number of hydrogen-bond acceptors (Lipinski definition) is 6. The number of amidine groups is 1. The number of rotatable bonds is 6. The van der Waals surface area contributed by atoms with E-state index in [2.05, 4.69) is 20.6 Å². The van der Waals surface area contributed by atoms with Crippen molar-refractivity contribution in [2.24, 2.45) is 16.6 Å². The number of aromatic nitrogens is 1. The molecular weight excluding hydrogens is 508 g/mol. The van der Waals surface area contributed by atoms with Crippen LogP contribution in [0.3, 0.4) is 0 Å². The van der Waals surface area contributed by atoms with E-state index in [0.29, 0.717) is 46.7 Å². The van der Waals surface area contributed by atoms with Gasteiger partial charge in [-0.2, -0.15) is 0 Å². The van der Waals surface area contributed by atoms with Gasteiger partial charge in [0.25, 0.3) is 5.91 Å². The number of benzene rings is 1. The summed E-state index contributed by atoms with van der Waals surface area (Å²) in [6, 6.07) is 8.54. The minimum Gasteiger partial charge on any atom is -0.449 e. The molecule has 10 nitrogen and oxygen atoms in total. The number of hydrogen-bond donors (Lipinski definition) is 3. The molecule has 2 fully saturated rings. The third kappa shape index (κ3) is 5.22. The number of anilines is 2. The van der Waals surface area contributed by atoms with Crippen molar-refractivity contribution in [1.29, 1.82) is 0 Å². The summed E-state index contributed by atoms with van der Waals surface area (Å²) in [5, 5.41) is 6.62. The van der Waals surface area contributed by atoms with Gasteiger partial charge in [-0.3, -0.25) is 19.4 Å². The molecule has 1 aromatic carbocycles. The maximum Gasteiger partial charge on any atom is 0.294 e. The first-order valence-corrected chi connectivity index (χ1v) is 13.0. The van der Waals surface area contributed by atoms with E-state index in [1.54, 1.807) is 37.4 Å². The lowest BCUT2D eigenvalue weighted by molar-refractivity contribution is -0.130. The van der Waals surface area contributed by atoms with E-state index in [0.717, 1.165) is 25.8 Å². The maximum absolute atomic E-state index is 13.4. The van der Waals surface area contributed by atoms with Gasteiger partial charge < -0.3 is 25.7 Å². The van der Waals surface area contributed by atoms with Crippen molar-refractivity contribution in [2.75, 3.05) is 24.2 Å². The van der Waals surface area contributed by atoms with Crippen LogP contribution in [0.2, 0.25) is 5.02 Å². The van der Waals surface area contributed by atoms with Gasteiger partial charge in [-0.25, -0.2) is 4.98 Å². The van der Waals surface area contributed by atoms with E-state index in [-0.39, 0.29) is 41.0 Å². The van der Waals surface area contributed by atoms with Crippen molar-refractivity contribution >= 4 is 57.6 Å². The summed E-state index contributed by atoms with van der Waals surface area (Å²) in [6.45, 7) is 0.800. The molecule has 1 aliphatic heterocycles. The van der Waals surface area contributed by atoms with Crippen LogP contribution in [0.5, 0.6) is 0 Å². The number of carbonyl (C=O) groups is 3. The number of amides is 3. The van der Waals surface area contributed by atoms with Crippen LogP contribution in [0.1, 0.15) is 54.6 Å². The average Bonchev–Trinajstić information content (AvgIpc) is 3.52. The summed E-state index contributed by atoms with van der Waals surface area (Å²) in [5.41, 5.74) is 7.33. The molecule has 4 N–H and O–H groups in total. The fourth-order valence-corrected chi connectivity index (χ4v) is 5.33. The Morgan fingerprint density at radius 3 is 2.61 bits per heavy atom. The Morgan fingerprint density at radius 2 is 1.95 bits per heavy atom. The van der Waals surface area contributed by atoms with Gasteiger partial charge in [0.15, 0.2) is 0 Å². The van der Waals surface area contributed by atoms with Crippen molar-refractivity contribution < 1.29 is 18.8 Å². The molecule has 2 aromatic heterocycles. The Kier molecular flexibility index (Phi) is 7.33. The Labute approximate surface area is 224 Å². The molecule has 3 aromatic rings. The molecule has 2 aliphatic rings. The van der Waals surface area contributed by atoms with E-state index in [4.69, 9.17) is 21.8 Å². The fourth-order valence-electron chi connectivity index (χ4n) is 5.22. The zero-order chi connectivity index (χ0) is 26.8. The normalized spacial score (nSPS) is 20.1. The van der Waals surface area contributed by atoms with Crippen molar-refractivity contribution in [1.82, 2.24) is 9.88 Å². The number of aliphatic imine (C=N–C) groups is 1. The standard InChI is InChI=1S/C27H29ClN6O4/c1-30-25(29)16-6-10-20-19(13-16)23(24(38-20)27(37)32-21-11-7-17(28)14-31-21)33-26(36)15-4-8-18(9-5-15)34-12-2-3-22(34)35/h6-7,10-11,13-15,18H,2-5,8-9,12H2,1H3,(H2,29,30)(H,33,36)(H,31,32,37)/t15-,18-. The van der Waals surface area contributed by atoms with Crippen molar-refractivity contribution in [3.63, 3.8) is 0 Å². The van der Waals surface area contributed by atoms with E-state index in [1.807, 2.05) is 4.90 Å². The quantitative estimate of drug-likeness (QED) is 0.318. The second-order valence-corrected chi connectivity index (χ2v) is 10.1. The number of likely N-dealkylation sites (tertiary alicyclic amines) is 1. The lowest BCUT2D eigenvalue weighted by Crippen LogP contribution is -2.40. The molecule has 0 atom stereocenters. The third-order valence-corrected chi connectivity index (χ3v) is 7.49. The van der Waals surface area contributed by atoms with E-state index < -0.39 is 5.91 Å². The number of carbonyl (C=O) groups excluding carboxylic acids is 3. The van der Waals surface area contributed by atoms with Crippen LogP contribution in [0, 0.1) is 5.92 Å². The molecule has 198 valence electrons. The zero-order valence-corrected chi connectivity index (χ0v) is 21.8. The number of nitrogens with zero attached hydrogens (tertiary/aromatic N) is 3. The zero-order valence-electron chi connectivity index (χ0n) is 21.0. The molecule has 1 saturated heterocycles. The minimum atomic E-state index is -0.568. The average molecular weight is 537 g/mol. The molecule has 0 radical (unpaired) electrons. The van der Waals surface area contributed by atoms with Crippen LogP contribution < -0.4 is 16.4 Å². The SMILES string of the molecule is C/N=C(\N)c1ccc2oc(C(=O)Nc3ccc(Cl)cn3)c(NC(=O)[C@H]3CC[C@H](N4CCCC4=O)CC3)c2c1. The highest BCUT2D eigenvalue weighted by molar-refractivity contribution is 6.30. The molecule has 38 heavy (non-hydrogen) atoms. The monoisotopic (exact) mass is 536 g/mol. The Hall–Kier alpha value is -3.92. The lowest BCUT2D eigenvalue weighted by atomic mass is 9.84. The molecule has 0 unspecified atom stereocenters.